The normalized spacial score (nSPS) is 12.8. The van der Waals surface area contributed by atoms with E-state index in [2.05, 4.69) is 10.4 Å². The van der Waals surface area contributed by atoms with Crippen LogP contribution in [-0.2, 0) is 12.8 Å². The quantitative estimate of drug-likeness (QED) is 0.211. The van der Waals surface area contributed by atoms with E-state index in [4.69, 9.17) is 32.9 Å². The predicted molar refractivity (Wildman–Crippen MR) is 147 cm³/mol. The van der Waals surface area contributed by atoms with Crippen LogP contribution in [0.1, 0.15) is 32.0 Å². The number of benzene rings is 3. The molecule has 0 fully saturated rings. The van der Waals surface area contributed by atoms with Gasteiger partial charge >= 0.3 is 0 Å². The van der Waals surface area contributed by atoms with Gasteiger partial charge in [-0.3, -0.25) is 9.59 Å². The highest BCUT2D eigenvalue weighted by Crippen LogP contribution is 2.38. The Bertz CT molecular complexity index is 1570. The van der Waals surface area contributed by atoms with E-state index in [0.29, 0.717) is 41.3 Å². The average molecular weight is 548 g/mol. The van der Waals surface area contributed by atoms with Gasteiger partial charge < -0.3 is 31.7 Å². The number of nitrogens with two attached hydrogens (primary N) is 2. The lowest BCUT2D eigenvalue weighted by Gasteiger charge is -2.20. The van der Waals surface area contributed by atoms with Gasteiger partial charge in [-0.2, -0.15) is 5.10 Å². The molecule has 0 saturated heterocycles. The fourth-order valence-corrected chi connectivity index (χ4v) is 4.75. The van der Waals surface area contributed by atoms with Crippen LogP contribution in [0.3, 0.4) is 0 Å². The van der Waals surface area contributed by atoms with E-state index in [-0.39, 0.29) is 22.9 Å². The molecular formula is C28H26ClN5O5. The van der Waals surface area contributed by atoms with Crippen molar-refractivity contribution in [3.05, 3.63) is 88.1 Å². The molecule has 200 valence electrons. The summed E-state index contributed by atoms with van der Waals surface area (Å²) >= 11 is 6.21. The van der Waals surface area contributed by atoms with E-state index < -0.39 is 24.5 Å². The summed E-state index contributed by atoms with van der Waals surface area (Å²) in [6, 6.07) is 17.2. The van der Waals surface area contributed by atoms with E-state index in [1.54, 1.807) is 41.1 Å². The topological polar surface area (TPSA) is 166 Å². The van der Waals surface area contributed by atoms with Crippen molar-refractivity contribution in [2.24, 2.45) is 5.73 Å². The minimum Gasteiger partial charge on any atom is -0.491 e. The van der Waals surface area contributed by atoms with Crippen LogP contribution in [0.15, 0.2) is 60.7 Å². The molecule has 1 atom stereocenters. The molecule has 39 heavy (non-hydrogen) atoms. The molecule has 1 unspecified atom stereocenters. The summed E-state index contributed by atoms with van der Waals surface area (Å²) in [5, 5.41) is 26.2. The van der Waals surface area contributed by atoms with Gasteiger partial charge in [0.15, 0.2) is 5.69 Å². The zero-order valence-corrected chi connectivity index (χ0v) is 21.5. The van der Waals surface area contributed by atoms with Crippen LogP contribution < -0.4 is 21.5 Å². The third-order valence-corrected chi connectivity index (χ3v) is 6.78. The molecular weight excluding hydrogens is 522 g/mol. The second kappa shape index (κ2) is 10.8. The number of primary amides is 1. The van der Waals surface area contributed by atoms with Crippen LogP contribution in [0, 0.1) is 0 Å². The second-order valence-corrected chi connectivity index (χ2v) is 9.57. The number of rotatable bonds is 8. The zero-order chi connectivity index (χ0) is 27.7. The largest absolute Gasteiger partial charge is 0.491 e. The third-order valence-electron chi connectivity index (χ3n) is 6.45. The van der Waals surface area contributed by atoms with Crippen molar-refractivity contribution < 1.29 is 24.5 Å². The van der Waals surface area contributed by atoms with Crippen LogP contribution in [0.5, 0.6) is 5.75 Å². The van der Waals surface area contributed by atoms with Crippen molar-refractivity contribution >= 4 is 34.8 Å². The van der Waals surface area contributed by atoms with Gasteiger partial charge in [0.25, 0.3) is 11.8 Å². The second-order valence-electron chi connectivity index (χ2n) is 9.16. The molecule has 0 aliphatic heterocycles. The number of hydrogen-bond donors (Lipinski definition) is 5. The maximum Gasteiger partial charge on any atom is 0.269 e. The fourth-order valence-electron chi connectivity index (χ4n) is 4.54. The highest BCUT2D eigenvalue weighted by molar-refractivity contribution is 6.34. The number of carbonyl (C=O) groups excluding carboxylic acids is 2. The number of aliphatic hydroxyl groups is 2. The molecule has 0 saturated carbocycles. The van der Waals surface area contributed by atoms with Gasteiger partial charge in [0.2, 0.25) is 0 Å². The number of nitrogens with one attached hydrogen (secondary N) is 1. The van der Waals surface area contributed by atoms with E-state index in [0.717, 1.165) is 16.7 Å². The van der Waals surface area contributed by atoms with Crippen molar-refractivity contribution in [2.45, 2.75) is 18.9 Å². The van der Waals surface area contributed by atoms with E-state index >= 15 is 0 Å². The molecule has 1 aliphatic rings. The van der Waals surface area contributed by atoms with E-state index in [9.17, 15) is 14.7 Å². The first-order valence-corrected chi connectivity index (χ1v) is 12.6. The Morgan fingerprint density at radius 3 is 2.59 bits per heavy atom. The molecule has 0 spiro atoms. The Labute approximate surface area is 228 Å². The number of anilines is 2. The molecule has 0 bridgehead atoms. The smallest absolute Gasteiger partial charge is 0.269 e. The molecule has 4 aromatic rings. The lowest BCUT2D eigenvalue weighted by atomic mass is 9.88. The molecule has 5 rings (SSSR count). The summed E-state index contributed by atoms with van der Waals surface area (Å²) in [5.74, 6) is -0.545. The Kier molecular flexibility index (Phi) is 7.25. The van der Waals surface area contributed by atoms with E-state index in [1.165, 1.54) is 6.07 Å². The molecule has 3 aromatic carbocycles. The van der Waals surface area contributed by atoms with Crippen molar-refractivity contribution in [2.75, 3.05) is 24.3 Å². The van der Waals surface area contributed by atoms with Crippen LogP contribution in [0.25, 0.3) is 16.9 Å². The summed E-state index contributed by atoms with van der Waals surface area (Å²) in [6.45, 7) is -0.455. The molecule has 1 aromatic heterocycles. The lowest BCUT2D eigenvalue weighted by molar-refractivity contribution is 0.0536. The number of hydrogen-bond acceptors (Lipinski definition) is 7. The summed E-state index contributed by atoms with van der Waals surface area (Å²) in [4.78, 5) is 25.3. The number of aromatic nitrogens is 2. The van der Waals surface area contributed by atoms with Gasteiger partial charge in [-0.15, -0.1) is 0 Å². The average Bonchev–Trinajstić information content (AvgIpc) is 3.34. The number of ether oxygens (including phenoxy) is 1. The van der Waals surface area contributed by atoms with Gasteiger partial charge in [0.05, 0.1) is 28.6 Å². The van der Waals surface area contributed by atoms with Crippen molar-refractivity contribution in [3.8, 4) is 22.7 Å². The Hall–Kier alpha value is -4.38. The first-order chi connectivity index (χ1) is 18.7. The van der Waals surface area contributed by atoms with Crippen LogP contribution in [-0.4, -0.2) is 51.1 Å². The number of aryl methyl sites for hydroxylation is 1. The molecule has 10 nitrogen and oxygen atoms in total. The maximum absolute atomic E-state index is 13.0. The van der Waals surface area contributed by atoms with Crippen LogP contribution in [0.2, 0.25) is 5.02 Å². The highest BCUT2D eigenvalue weighted by Gasteiger charge is 2.28. The van der Waals surface area contributed by atoms with Crippen LogP contribution >= 0.6 is 11.6 Å². The maximum atomic E-state index is 13.0. The number of nitrogens with zero attached hydrogens (tertiary/aromatic N) is 2. The molecule has 2 amide bonds. The first-order valence-electron chi connectivity index (χ1n) is 12.2. The zero-order valence-electron chi connectivity index (χ0n) is 20.7. The highest BCUT2D eigenvalue weighted by atomic mass is 35.5. The summed E-state index contributed by atoms with van der Waals surface area (Å²) in [6.07, 6.45) is 0.261. The summed E-state index contributed by atoms with van der Waals surface area (Å²) < 4.78 is 7.15. The number of carbonyl (C=O) groups is 2. The minimum atomic E-state index is -0.984. The van der Waals surface area contributed by atoms with Crippen molar-refractivity contribution in [1.29, 1.82) is 0 Å². The van der Waals surface area contributed by atoms with Gasteiger partial charge in [0.1, 0.15) is 18.5 Å². The molecule has 0 radical (unpaired) electrons. The summed E-state index contributed by atoms with van der Waals surface area (Å²) in [5.41, 5.74) is 16.8. The number of fused-ring (bicyclic) bond motifs is 3. The SMILES string of the molecule is NC(=O)c1nn(-c2ccc(OCC(O)CO)cc2)c2c1CCc1ccc(NC(=O)c3cc(N)ccc3Cl)cc1-2. The van der Waals surface area contributed by atoms with Gasteiger partial charge in [-0.25, -0.2) is 4.68 Å². The summed E-state index contributed by atoms with van der Waals surface area (Å²) in [7, 11) is 0. The molecule has 11 heteroatoms. The van der Waals surface area contributed by atoms with E-state index in [1.807, 2.05) is 18.2 Å². The standard InChI is InChI=1S/C28H26ClN5O5/c29-24-10-3-16(30)11-23(24)28(38)32-17-4-1-15-2-9-21-25(27(31)37)33-34(26(21)22(15)12-17)18-5-7-20(8-6-18)39-14-19(36)13-35/h1,3-8,10-12,19,35-36H,2,9,13-14,30H2,(H2,31,37)(H,32,38). The predicted octanol–water partition coefficient (Wildman–Crippen LogP) is 2.96. The van der Waals surface area contributed by atoms with Crippen LogP contribution in [0.4, 0.5) is 11.4 Å². The number of amides is 2. The molecule has 7 N–H and O–H groups in total. The number of aliphatic hydroxyl groups excluding tert-OH is 2. The monoisotopic (exact) mass is 547 g/mol. The van der Waals surface area contributed by atoms with Gasteiger partial charge in [-0.05, 0) is 73.0 Å². The fraction of sp³-hybridized carbons (Fsp3) is 0.179. The van der Waals surface area contributed by atoms with Gasteiger partial charge in [0, 0.05) is 22.5 Å². The number of halogens is 1. The minimum absolute atomic E-state index is 0.0541. The first kappa shape index (κ1) is 26.2. The van der Waals surface area contributed by atoms with Crippen molar-refractivity contribution in [3.63, 3.8) is 0 Å². The van der Waals surface area contributed by atoms with Gasteiger partial charge in [-0.1, -0.05) is 17.7 Å². The number of nitrogen functional groups attached to an aromatic ring is 1. The Balaban J connectivity index is 1.52. The Morgan fingerprint density at radius 2 is 1.87 bits per heavy atom. The Morgan fingerprint density at radius 1 is 1.10 bits per heavy atom. The molecule has 1 heterocycles. The third kappa shape index (κ3) is 5.30. The lowest BCUT2D eigenvalue weighted by Crippen LogP contribution is -2.21. The molecule has 1 aliphatic carbocycles. The van der Waals surface area contributed by atoms with Crippen molar-refractivity contribution in [1.82, 2.24) is 9.78 Å².